The van der Waals surface area contributed by atoms with E-state index in [4.69, 9.17) is 4.55 Å². The van der Waals surface area contributed by atoms with Crippen LogP contribution >= 0.6 is 0 Å². The number of esters is 1. The molecule has 0 heterocycles. The van der Waals surface area contributed by atoms with Crippen LogP contribution in [0, 0.1) is 0 Å². The van der Waals surface area contributed by atoms with Crippen LogP contribution in [-0.4, -0.2) is 82.7 Å². The maximum atomic E-state index is 11.1. The van der Waals surface area contributed by atoms with Crippen molar-refractivity contribution >= 4 is 67.5 Å². The zero-order valence-corrected chi connectivity index (χ0v) is 14.6. The summed E-state index contributed by atoms with van der Waals surface area (Å²) in [5.41, 5.74) is 0. The van der Waals surface area contributed by atoms with Gasteiger partial charge in [0.25, 0.3) is 10.1 Å². The first-order chi connectivity index (χ1) is 7.45. The summed E-state index contributed by atoms with van der Waals surface area (Å²) in [6, 6.07) is 0. The molecule has 0 aromatic heterocycles. The van der Waals surface area contributed by atoms with Gasteiger partial charge in [-0.25, -0.2) is 0 Å². The van der Waals surface area contributed by atoms with Gasteiger partial charge < -0.3 is 4.74 Å². The summed E-state index contributed by atoms with van der Waals surface area (Å²) >= 11 is 0. The van der Waals surface area contributed by atoms with E-state index in [-0.39, 0.29) is 58.0 Å². The first kappa shape index (κ1) is 20.3. The molecular formula is C10H20KO5S. The van der Waals surface area contributed by atoms with Gasteiger partial charge in [-0.1, -0.05) is 32.6 Å². The minimum absolute atomic E-state index is 0. The predicted octanol–water partition coefficient (Wildman–Crippen LogP) is 1.40. The van der Waals surface area contributed by atoms with E-state index in [1.165, 1.54) is 0 Å². The Morgan fingerprint density at radius 1 is 1.18 bits per heavy atom. The van der Waals surface area contributed by atoms with Crippen molar-refractivity contribution in [3.05, 3.63) is 0 Å². The average molecular weight is 291 g/mol. The van der Waals surface area contributed by atoms with E-state index in [2.05, 4.69) is 11.7 Å². The smallest absolute Gasteiger partial charge is 0.305 e. The van der Waals surface area contributed by atoms with Crippen LogP contribution < -0.4 is 0 Å². The molecule has 0 rings (SSSR count). The van der Waals surface area contributed by atoms with Crippen molar-refractivity contribution < 1.29 is 22.5 Å². The molecule has 0 amide bonds. The van der Waals surface area contributed by atoms with Gasteiger partial charge in [-0.15, -0.1) is 0 Å². The van der Waals surface area contributed by atoms with Crippen molar-refractivity contribution in [3.8, 4) is 0 Å². The molecule has 0 aromatic rings. The van der Waals surface area contributed by atoms with Gasteiger partial charge in [0.1, 0.15) is 12.4 Å². The third-order valence-electron chi connectivity index (χ3n) is 2.09. The molecule has 0 aliphatic heterocycles. The number of hydrogen-bond donors (Lipinski definition) is 1. The maximum absolute atomic E-state index is 11.1. The topological polar surface area (TPSA) is 80.7 Å². The van der Waals surface area contributed by atoms with E-state index in [1.54, 1.807) is 0 Å². The summed E-state index contributed by atoms with van der Waals surface area (Å²) in [5, 5.41) is 0. The Kier molecular flexibility index (Phi) is 14.4. The Bertz CT molecular complexity index is 289. The van der Waals surface area contributed by atoms with Gasteiger partial charge in [0.15, 0.2) is 0 Å². The molecule has 0 spiro atoms. The molecule has 7 heteroatoms. The second kappa shape index (κ2) is 12.1. The Hall–Kier alpha value is 1.02. The van der Waals surface area contributed by atoms with E-state index < -0.39 is 21.8 Å². The molecule has 0 bridgehead atoms. The number of ether oxygens (including phenoxy) is 1. The van der Waals surface area contributed by atoms with Gasteiger partial charge in [0, 0.05) is 57.8 Å². The van der Waals surface area contributed by atoms with E-state index >= 15 is 0 Å². The fourth-order valence-corrected chi connectivity index (χ4v) is 1.50. The predicted molar refractivity (Wildman–Crippen MR) is 66.5 cm³/mol. The summed E-state index contributed by atoms with van der Waals surface area (Å²) in [7, 11) is -4.03. The van der Waals surface area contributed by atoms with Gasteiger partial charge in [-0.3, -0.25) is 9.35 Å². The molecule has 0 aromatic carbocycles. The number of rotatable bonds is 9. The van der Waals surface area contributed by atoms with E-state index in [9.17, 15) is 13.2 Å². The standard InChI is InChI=1S/C10H20O5S.K/c1-2-3-4-5-6-7-10(11)15-8-9-16(12,13)14;/h2-9H2,1H3,(H,12,13,14);. The van der Waals surface area contributed by atoms with Gasteiger partial charge in [0.05, 0.1) is 0 Å². The van der Waals surface area contributed by atoms with Crippen LogP contribution in [0.2, 0.25) is 0 Å². The van der Waals surface area contributed by atoms with Crippen molar-refractivity contribution in [2.45, 2.75) is 45.4 Å². The zero-order valence-electron chi connectivity index (χ0n) is 10.6. The Morgan fingerprint density at radius 3 is 2.29 bits per heavy atom. The minimum atomic E-state index is -4.03. The third-order valence-corrected chi connectivity index (χ3v) is 2.77. The fourth-order valence-electron chi connectivity index (χ4n) is 1.21. The largest absolute Gasteiger partial charge is 0.464 e. The zero-order chi connectivity index (χ0) is 12.4. The normalized spacial score (nSPS) is 10.7. The second-order valence-corrected chi connectivity index (χ2v) is 5.24. The SMILES string of the molecule is CCCCCCCC(=O)OCCS(=O)(=O)O.[K]. The number of unbranched alkanes of at least 4 members (excludes halogenated alkanes) is 4. The Morgan fingerprint density at radius 2 is 1.76 bits per heavy atom. The summed E-state index contributed by atoms with van der Waals surface area (Å²) < 4.78 is 33.6. The quantitative estimate of drug-likeness (QED) is 0.300. The number of carbonyl (C=O) groups excluding carboxylic acids is 1. The van der Waals surface area contributed by atoms with E-state index in [1.807, 2.05) is 0 Å². The molecule has 5 nitrogen and oxygen atoms in total. The summed E-state index contributed by atoms with van der Waals surface area (Å²) in [6.07, 6.45) is 5.49. The summed E-state index contributed by atoms with van der Waals surface area (Å²) in [6.45, 7) is 1.84. The van der Waals surface area contributed by atoms with E-state index in [0.29, 0.717) is 6.42 Å². The first-order valence-corrected chi connectivity index (χ1v) is 7.17. The van der Waals surface area contributed by atoms with Gasteiger partial charge >= 0.3 is 5.97 Å². The maximum Gasteiger partial charge on any atom is 0.305 e. The first-order valence-electron chi connectivity index (χ1n) is 5.56. The number of hydrogen-bond acceptors (Lipinski definition) is 4. The van der Waals surface area contributed by atoms with Crippen molar-refractivity contribution in [1.82, 2.24) is 0 Å². The molecule has 0 atom stereocenters. The molecule has 0 fully saturated rings. The van der Waals surface area contributed by atoms with Crippen molar-refractivity contribution in [2.75, 3.05) is 12.4 Å². The van der Waals surface area contributed by atoms with Crippen LogP contribution in [0.25, 0.3) is 0 Å². The van der Waals surface area contributed by atoms with Crippen LogP contribution in [0.5, 0.6) is 0 Å². The summed E-state index contributed by atoms with van der Waals surface area (Å²) in [5.74, 6) is -0.936. The molecule has 97 valence electrons. The molecule has 0 saturated heterocycles. The molecule has 0 aliphatic carbocycles. The average Bonchev–Trinajstić information content (AvgIpc) is 2.15. The van der Waals surface area contributed by atoms with Crippen LogP contribution in [0.1, 0.15) is 45.4 Å². The fraction of sp³-hybridized carbons (Fsp3) is 0.900. The van der Waals surface area contributed by atoms with Crippen molar-refractivity contribution in [3.63, 3.8) is 0 Å². The van der Waals surface area contributed by atoms with Crippen LogP contribution in [-0.2, 0) is 19.6 Å². The van der Waals surface area contributed by atoms with Gasteiger partial charge in [0.2, 0.25) is 0 Å². The molecule has 0 aliphatic rings. The third kappa shape index (κ3) is 17.0. The minimum Gasteiger partial charge on any atom is -0.464 e. The van der Waals surface area contributed by atoms with Gasteiger partial charge in [-0.05, 0) is 6.42 Å². The molecule has 0 saturated carbocycles. The molecule has 0 unspecified atom stereocenters. The molecular weight excluding hydrogens is 271 g/mol. The van der Waals surface area contributed by atoms with Crippen molar-refractivity contribution in [1.29, 1.82) is 0 Å². The van der Waals surface area contributed by atoms with Crippen LogP contribution in [0.3, 0.4) is 0 Å². The Balaban J connectivity index is 0. The Labute approximate surface area is 146 Å². The second-order valence-electron chi connectivity index (χ2n) is 3.67. The molecule has 1 radical (unpaired) electrons. The molecule has 17 heavy (non-hydrogen) atoms. The van der Waals surface area contributed by atoms with E-state index in [0.717, 1.165) is 32.1 Å². The summed E-state index contributed by atoms with van der Waals surface area (Å²) in [4.78, 5) is 11.1. The molecule has 1 N–H and O–H groups in total. The number of carbonyl (C=O) groups is 1. The van der Waals surface area contributed by atoms with Gasteiger partial charge in [-0.2, -0.15) is 8.42 Å². The van der Waals surface area contributed by atoms with Crippen molar-refractivity contribution in [2.24, 2.45) is 0 Å². The van der Waals surface area contributed by atoms with Crippen LogP contribution in [0.4, 0.5) is 0 Å². The monoisotopic (exact) mass is 291 g/mol. The van der Waals surface area contributed by atoms with Crippen LogP contribution in [0.15, 0.2) is 0 Å².